The topological polar surface area (TPSA) is 29.5 Å². The lowest BCUT2D eigenvalue weighted by Crippen LogP contribution is -2.51. The van der Waals surface area contributed by atoms with E-state index in [2.05, 4.69) is 6.08 Å². The van der Waals surface area contributed by atoms with Crippen molar-refractivity contribution in [1.82, 2.24) is 4.90 Å². The Kier molecular flexibility index (Phi) is 4.97. The predicted octanol–water partition coefficient (Wildman–Crippen LogP) is 5.48. The summed E-state index contributed by atoms with van der Waals surface area (Å²) in [7, 11) is 0. The fourth-order valence-electron chi connectivity index (χ4n) is 4.26. The summed E-state index contributed by atoms with van der Waals surface area (Å²) in [6.07, 6.45) is 5.63. The van der Waals surface area contributed by atoms with Gasteiger partial charge >= 0.3 is 6.09 Å². The van der Waals surface area contributed by atoms with Gasteiger partial charge in [0.25, 0.3) is 0 Å². The van der Waals surface area contributed by atoms with Crippen LogP contribution in [0.1, 0.15) is 42.4 Å². The molecule has 1 fully saturated rings. The van der Waals surface area contributed by atoms with Crippen LogP contribution in [0.4, 0.5) is 9.18 Å². The lowest BCUT2D eigenvalue weighted by Gasteiger charge is -2.44. The van der Waals surface area contributed by atoms with E-state index < -0.39 is 0 Å². The maximum atomic E-state index is 14.0. The zero-order valence-corrected chi connectivity index (χ0v) is 15.5. The van der Waals surface area contributed by atoms with Gasteiger partial charge < -0.3 is 4.74 Å². The second kappa shape index (κ2) is 7.55. The third-order valence-electron chi connectivity index (χ3n) is 5.67. The minimum Gasteiger partial charge on any atom is -0.445 e. The largest absolute Gasteiger partial charge is 0.445 e. The minimum absolute atomic E-state index is 0.0263. The van der Waals surface area contributed by atoms with Gasteiger partial charge in [-0.05, 0) is 60.9 Å². The van der Waals surface area contributed by atoms with Crippen LogP contribution in [-0.2, 0) is 11.3 Å². The number of ether oxygens (including phenoxy) is 1. The molecule has 2 atom stereocenters. The summed E-state index contributed by atoms with van der Waals surface area (Å²) in [5.41, 5.74) is 3.78. The number of amides is 1. The fraction of sp³-hybridized carbons (Fsp3) is 0.348. The second-order valence-corrected chi connectivity index (χ2v) is 7.41. The van der Waals surface area contributed by atoms with Crippen molar-refractivity contribution in [3.05, 3.63) is 77.1 Å². The molecule has 1 saturated heterocycles. The van der Waals surface area contributed by atoms with Gasteiger partial charge in [-0.1, -0.05) is 48.5 Å². The summed E-state index contributed by atoms with van der Waals surface area (Å²) >= 11 is 0. The van der Waals surface area contributed by atoms with Crippen LogP contribution in [-0.4, -0.2) is 23.1 Å². The summed E-state index contributed by atoms with van der Waals surface area (Å²) in [6, 6.07) is 15.1. The van der Waals surface area contributed by atoms with Crippen LogP contribution in [0.25, 0.3) is 5.57 Å². The smallest absolute Gasteiger partial charge is 0.410 e. The maximum absolute atomic E-state index is 14.0. The Labute approximate surface area is 159 Å². The summed E-state index contributed by atoms with van der Waals surface area (Å²) in [6.45, 7) is 2.11. The molecule has 140 valence electrons. The Morgan fingerprint density at radius 3 is 2.74 bits per heavy atom. The highest BCUT2D eigenvalue weighted by atomic mass is 19.1. The lowest BCUT2D eigenvalue weighted by atomic mass is 9.82. The molecule has 0 aliphatic carbocycles. The molecule has 2 heterocycles. The number of carbonyl (C=O) groups excluding carboxylic acids is 1. The fourth-order valence-corrected chi connectivity index (χ4v) is 4.26. The molecule has 0 aromatic heterocycles. The van der Waals surface area contributed by atoms with E-state index in [0.29, 0.717) is 5.56 Å². The predicted molar refractivity (Wildman–Crippen MR) is 104 cm³/mol. The number of piperidine rings is 1. The van der Waals surface area contributed by atoms with Crippen LogP contribution in [0.2, 0.25) is 0 Å². The van der Waals surface area contributed by atoms with E-state index in [1.165, 1.54) is 6.07 Å². The van der Waals surface area contributed by atoms with Crippen molar-refractivity contribution in [1.29, 1.82) is 0 Å². The quantitative estimate of drug-likeness (QED) is 0.721. The molecule has 2 aromatic carbocycles. The van der Waals surface area contributed by atoms with E-state index in [1.54, 1.807) is 6.07 Å². The normalized spacial score (nSPS) is 21.6. The molecule has 2 aromatic rings. The Balaban J connectivity index is 1.53. The lowest BCUT2D eigenvalue weighted by molar-refractivity contribution is 0.0510. The molecule has 2 aliphatic heterocycles. The molecule has 1 amide bonds. The van der Waals surface area contributed by atoms with Crippen molar-refractivity contribution in [3.8, 4) is 0 Å². The van der Waals surface area contributed by atoms with Crippen LogP contribution < -0.4 is 0 Å². The van der Waals surface area contributed by atoms with E-state index in [9.17, 15) is 9.18 Å². The van der Waals surface area contributed by atoms with E-state index in [-0.39, 0.29) is 30.6 Å². The number of rotatable bonds is 3. The standard InChI is InChI=1S/C23H24FNO2/c1-16-21(11-6-12-22(16)24)18-13-19-9-5-10-20(14-18)25(19)23(26)27-15-17-7-3-2-4-8-17/h2-4,6-8,11-13,19-20H,5,9-10,14-15H2,1H3. The number of hydrogen-bond donors (Lipinski definition) is 0. The third-order valence-corrected chi connectivity index (χ3v) is 5.67. The Hall–Kier alpha value is -2.62. The van der Waals surface area contributed by atoms with E-state index in [1.807, 2.05) is 48.2 Å². The van der Waals surface area contributed by atoms with Gasteiger partial charge in [0.1, 0.15) is 12.4 Å². The number of hydrogen-bond acceptors (Lipinski definition) is 2. The first kappa shape index (κ1) is 17.8. The third kappa shape index (κ3) is 3.61. The van der Waals surface area contributed by atoms with Crippen molar-refractivity contribution < 1.29 is 13.9 Å². The van der Waals surface area contributed by atoms with Gasteiger partial charge in [0, 0.05) is 6.04 Å². The zero-order chi connectivity index (χ0) is 18.8. The molecule has 0 N–H and O–H groups in total. The van der Waals surface area contributed by atoms with Gasteiger partial charge in [0.05, 0.1) is 6.04 Å². The van der Waals surface area contributed by atoms with Crippen molar-refractivity contribution in [2.24, 2.45) is 0 Å². The molecule has 2 unspecified atom stereocenters. The number of benzene rings is 2. The monoisotopic (exact) mass is 365 g/mol. The number of nitrogens with zero attached hydrogens (tertiary/aromatic N) is 1. The van der Waals surface area contributed by atoms with Crippen LogP contribution in [0.15, 0.2) is 54.6 Å². The summed E-state index contributed by atoms with van der Waals surface area (Å²) < 4.78 is 19.6. The van der Waals surface area contributed by atoms with Crippen molar-refractivity contribution in [3.63, 3.8) is 0 Å². The molecule has 3 nitrogen and oxygen atoms in total. The molecule has 2 bridgehead atoms. The van der Waals surface area contributed by atoms with Gasteiger partial charge in [0.2, 0.25) is 0 Å². The SMILES string of the molecule is Cc1c(F)cccc1C1=CC2CCCC(C1)N2C(=O)OCc1ccccc1. The molecule has 0 radical (unpaired) electrons. The average molecular weight is 365 g/mol. The molecule has 2 aliphatic rings. The van der Waals surface area contributed by atoms with E-state index in [4.69, 9.17) is 4.74 Å². The van der Waals surface area contributed by atoms with Gasteiger partial charge in [-0.25, -0.2) is 9.18 Å². The molecule has 0 saturated carbocycles. The molecule has 4 heteroatoms. The van der Waals surface area contributed by atoms with Crippen LogP contribution >= 0.6 is 0 Å². The first-order valence-corrected chi connectivity index (χ1v) is 9.58. The summed E-state index contributed by atoms with van der Waals surface area (Å²) in [5.74, 6) is -0.178. The zero-order valence-electron chi connectivity index (χ0n) is 15.5. The van der Waals surface area contributed by atoms with Crippen molar-refractivity contribution >= 4 is 11.7 Å². The summed E-state index contributed by atoms with van der Waals surface area (Å²) in [4.78, 5) is 14.7. The highest BCUT2D eigenvalue weighted by Crippen LogP contribution is 2.38. The van der Waals surface area contributed by atoms with Gasteiger partial charge in [-0.2, -0.15) is 0 Å². The van der Waals surface area contributed by atoms with Crippen molar-refractivity contribution in [2.45, 2.75) is 51.3 Å². The van der Waals surface area contributed by atoms with Gasteiger partial charge in [0.15, 0.2) is 0 Å². The van der Waals surface area contributed by atoms with E-state index >= 15 is 0 Å². The van der Waals surface area contributed by atoms with Crippen LogP contribution in [0.5, 0.6) is 0 Å². The molecular weight excluding hydrogens is 341 g/mol. The van der Waals surface area contributed by atoms with Crippen LogP contribution in [0.3, 0.4) is 0 Å². The van der Waals surface area contributed by atoms with Crippen LogP contribution in [0, 0.1) is 12.7 Å². The molecular formula is C23H24FNO2. The number of carbonyl (C=O) groups is 1. The average Bonchev–Trinajstić information content (AvgIpc) is 2.68. The number of halogens is 1. The van der Waals surface area contributed by atoms with Gasteiger partial charge in [-0.15, -0.1) is 0 Å². The van der Waals surface area contributed by atoms with Gasteiger partial charge in [-0.3, -0.25) is 4.90 Å². The Bertz CT molecular complexity index is 862. The summed E-state index contributed by atoms with van der Waals surface area (Å²) in [5, 5.41) is 0. The first-order chi connectivity index (χ1) is 13.1. The Morgan fingerprint density at radius 1 is 1.15 bits per heavy atom. The Morgan fingerprint density at radius 2 is 1.96 bits per heavy atom. The highest BCUT2D eigenvalue weighted by Gasteiger charge is 2.38. The minimum atomic E-state index is -0.250. The number of fused-ring (bicyclic) bond motifs is 2. The first-order valence-electron chi connectivity index (χ1n) is 9.58. The molecule has 4 rings (SSSR count). The molecule has 0 spiro atoms. The van der Waals surface area contributed by atoms with E-state index in [0.717, 1.165) is 42.4 Å². The molecule has 27 heavy (non-hydrogen) atoms. The highest BCUT2D eigenvalue weighted by molar-refractivity contribution is 5.75. The van der Waals surface area contributed by atoms with Crippen molar-refractivity contribution in [2.75, 3.05) is 0 Å². The maximum Gasteiger partial charge on any atom is 0.410 e. The second-order valence-electron chi connectivity index (χ2n) is 7.41.